The Kier molecular flexibility index (Phi) is 9.81. The highest BCUT2D eigenvalue weighted by Crippen LogP contribution is 2.67. The molecule has 0 atom stereocenters. The number of rotatable bonds is 8. The van der Waals surface area contributed by atoms with Crippen molar-refractivity contribution in [1.82, 2.24) is 0 Å². The van der Waals surface area contributed by atoms with Gasteiger partial charge in [-0.15, -0.1) is 0 Å². The number of fused-ring (bicyclic) bond motifs is 1. The number of anilines is 2. The number of nitrogens with zero attached hydrogens (tertiary/aromatic N) is 2. The summed E-state index contributed by atoms with van der Waals surface area (Å²) in [5.74, 6) is -1.02. The van der Waals surface area contributed by atoms with Gasteiger partial charge in [-0.25, -0.2) is 9.59 Å². The molecule has 0 unspecified atom stereocenters. The fourth-order valence-electron chi connectivity index (χ4n) is 5.00. The van der Waals surface area contributed by atoms with Crippen LogP contribution in [0.1, 0.15) is 41.5 Å². The number of benzene rings is 3. The second-order valence-electron chi connectivity index (χ2n) is 12.7. The molecule has 0 amide bonds. The number of para-hydroxylation sites is 2. The van der Waals surface area contributed by atoms with Crippen molar-refractivity contribution in [1.29, 1.82) is 0 Å². The predicted molar refractivity (Wildman–Crippen MR) is 177 cm³/mol. The molecule has 0 saturated heterocycles. The van der Waals surface area contributed by atoms with E-state index in [1.807, 2.05) is 72.8 Å². The van der Waals surface area contributed by atoms with Crippen molar-refractivity contribution in [2.75, 3.05) is 36.6 Å². The lowest BCUT2D eigenvalue weighted by atomic mass is 9.96. The summed E-state index contributed by atoms with van der Waals surface area (Å²) >= 11 is 0. The lowest BCUT2D eigenvalue weighted by Crippen LogP contribution is -2.35. The van der Waals surface area contributed by atoms with Gasteiger partial charge in [0.1, 0.15) is 13.5 Å². The van der Waals surface area contributed by atoms with Gasteiger partial charge < -0.3 is 18.8 Å². The first kappa shape index (κ1) is 31.7. The van der Waals surface area contributed by atoms with E-state index in [2.05, 4.69) is 63.0 Å². The van der Waals surface area contributed by atoms with Crippen molar-refractivity contribution in [2.45, 2.75) is 41.5 Å². The maximum atomic E-state index is 14.2. The molecule has 3 aromatic carbocycles. The molecule has 1 heterocycles. The molecule has 1 aliphatic heterocycles. The van der Waals surface area contributed by atoms with Crippen LogP contribution in [0.3, 0.4) is 0 Å². The average molecular weight is 605 g/mol. The zero-order valence-corrected chi connectivity index (χ0v) is 27.7. The van der Waals surface area contributed by atoms with Gasteiger partial charge in [0.2, 0.25) is 0 Å². The average Bonchev–Trinajstić information content (AvgIpc) is 3.23. The molecule has 0 spiro atoms. The Morgan fingerprint density at radius 2 is 1.02 bits per heavy atom. The molecule has 42 heavy (non-hydrogen) atoms. The summed E-state index contributed by atoms with van der Waals surface area (Å²) in [5, 5.41) is 2.66. The largest absolute Gasteiger partial charge is 0.465 e. The third-order valence-corrected chi connectivity index (χ3v) is 11.7. The summed E-state index contributed by atoms with van der Waals surface area (Å²) < 4.78 is 15.7. The van der Waals surface area contributed by atoms with Crippen LogP contribution in [0.4, 0.5) is 11.4 Å². The van der Waals surface area contributed by atoms with E-state index in [0.717, 1.165) is 22.0 Å². The molecular weight excluding hydrogens is 562 g/mol. The van der Waals surface area contributed by atoms with Crippen LogP contribution in [-0.4, -0.2) is 39.2 Å². The van der Waals surface area contributed by atoms with Crippen LogP contribution in [-0.2, 0) is 19.1 Å². The lowest BCUT2D eigenvalue weighted by Gasteiger charge is -2.39. The molecule has 0 aromatic heterocycles. The minimum Gasteiger partial charge on any atom is -0.465 e. The Morgan fingerprint density at radius 3 is 1.38 bits per heavy atom. The maximum Gasteiger partial charge on any atom is 0.342 e. The molecule has 4 rings (SSSR count). The fraction of sp³-hybridized carbons (Fsp3) is 0.353. The number of hydrogen-bond donors (Lipinski definition) is 0. The molecule has 0 bridgehead atoms. The van der Waals surface area contributed by atoms with Crippen molar-refractivity contribution in [3.05, 3.63) is 95.6 Å². The molecule has 222 valence electrons. The molecule has 0 aliphatic carbocycles. The summed E-state index contributed by atoms with van der Waals surface area (Å²) in [6, 6.07) is 28.2. The highest BCUT2D eigenvalue weighted by atomic mass is 31.1. The highest BCUT2D eigenvalue weighted by molar-refractivity contribution is 7.79. The Balaban J connectivity index is 2.13. The van der Waals surface area contributed by atoms with Crippen LogP contribution in [0.2, 0.25) is 0 Å². The van der Waals surface area contributed by atoms with E-state index in [1.165, 1.54) is 14.2 Å². The third kappa shape index (κ3) is 7.05. The number of hydrogen-bond acceptors (Lipinski definition) is 6. The quantitative estimate of drug-likeness (QED) is 0.152. The van der Waals surface area contributed by atoms with E-state index in [9.17, 15) is 9.59 Å². The number of carbonyl (C=O) groups is 2. The zero-order chi connectivity index (χ0) is 30.7. The third-order valence-electron chi connectivity index (χ3n) is 6.58. The van der Waals surface area contributed by atoms with Crippen molar-refractivity contribution >= 4 is 50.1 Å². The highest BCUT2D eigenvalue weighted by Gasteiger charge is 2.47. The van der Waals surface area contributed by atoms with E-state index in [1.54, 1.807) is 0 Å². The number of ether oxygens (including phenoxy) is 2. The van der Waals surface area contributed by atoms with Gasteiger partial charge in [0.15, 0.2) is 0 Å². The van der Waals surface area contributed by atoms with Gasteiger partial charge in [0.05, 0.1) is 30.9 Å². The van der Waals surface area contributed by atoms with Crippen molar-refractivity contribution in [3.8, 4) is 0 Å². The van der Waals surface area contributed by atoms with Crippen LogP contribution in [0, 0.1) is 10.8 Å². The van der Waals surface area contributed by atoms with Crippen LogP contribution in [0.5, 0.6) is 0 Å². The summed E-state index contributed by atoms with van der Waals surface area (Å²) in [7, 11) is -0.226. The first-order valence-electron chi connectivity index (χ1n) is 14.1. The minimum atomic E-state index is -1.54. The van der Waals surface area contributed by atoms with Gasteiger partial charge in [-0.2, -0.15) is 0 Å². The van der Waals surface area contributed by atoms with E-state index in [0.29, 0.717) is 23.7 Å². The first-order valence-corrected chi connectivity index (χ1v) is 16.7. The lowest BCUT2D eigenvalue weighted by molar-refractivity contribution is -0.138. The molecule has 0 radical (unpaired) electrons. The first-order chi connectivity index (χ1) is 19.9. The van der Waals surface area contributed by atoms with E-state index in [4.69, 9.17) is 9.47 Å². The van der Waals surface area contributed by atoms with Gasteiger partial charge >= 0.3 is 11.9 Å². The minimum absolute atomic E-state index is 0.0955. The van der Waals surface area contributed by atoms with Gasteiger partial charge in [0, 0.05) is 13.1 Å². The van der Waals surface area contributed by atoms with E-state index < -0.39 is 28.1 Å². The van der Waals surface area contributed by atoms with Crippen LogP contribution >= 0.6 is 16.1 Å². The Bertz CT molecular complexity index is 1350. The van der Waals surface area contributed by atoms with Crippen molar-refractivity contribution in [3.63, 3.8) is 0 Å². The number of methoxy groups -OCH3 is 2. The molecule has 6 nitrogen and oxygen atoms in total. The van der Waals surface area contributed by atoms with Crippen molar-refractivity contribution in [2.24, 2.45) is 10.8 Å². The molecule has 8 heteroatoms. The van der Waals surface area contributed by atoms with Crippen LogP contribution in [0.15, 0.2) is 95.6 Å². The summed E-state index contributed by atoms with van der Waals surface area (Å²) in [4.78, 5) is 28.3. The normalized spacial score (nSPS) is 14.5. The standard InChI is InChI=1S/C34H42N2O4P2/c1-33(2,3)23-35-27-21-15-16-22-28(27)36(24-34(4,5)6)42(35)30(32(38)40-8)29(31(37)39-7)41(25-17-11-9-12-18-25)26-19-13-10-14-20-26/h9-22H,23-24H2,1-8H3/b30-29-. The SMILES string of the molecule is COC(=O)/C(=C(\C(=O)OC)P1N(CC(C)(C)C)c2ccccc2N1CC(C)(C)C)P(c1ccccc1)c1ccccc1. The fourth-order valence-corrected chi connectivity index (χ4v) is 11.0. The zero-order valence-electron chi connectivity index (χ0n) is 25.9. The molecule has 1 aliphatic rings. The second kappa shape index (κ2) is 13.0. The molecule has 3 aromatic rings. The van der Waals surface area contributed by atoms with Gasteiger partial charge in [-0.3, -0.25) is 0 Å². The number of carbonyl (C=O) groups excluding carboxylic acids is 2. The van der Waals surface area contributed by atoms with Crippen molar-refractivity contribution < 1.29 is 19.1 Å². The van der Waals surface area contributed by atoms with E-state index in [-0.39, 0.29) is 10.8 Å². The van der Waals surface area contributed by atoms with Gasteiger partial charge in [-0.05, 0) is 41.5 Å². The molecule has 0 N–H and O–H groups in total. The summed E-state index contributed by atoms with van der Waals surface area (Å²) in [5.41, 5.74) is 1.91. The number of esters is 2. The Morgan fingerprint density at radius 1 is 0.643 bits per heavy atom. The van der Waals surface area contributed by atoms with Crippen LogP contribution < -0.4 is 19.9 Å². The van der Waals surface area contributed by atoms with Gasteiger partial charge in [-0.1, -0.05) is 114 Å². The molecule has 0 saturated carbocycles. The second-order valence-corrected chi connectivity index (χ2v) is 16.8. The topological polar surface area (TPSA) is 59.1 Å². The Hall–Kier alpha value is -3.20. The van der Waals surface area contributed by atoms with Gasteiger partial charge in [0.25, 0.3) is 0 Å². The van der Waals surface area contributed by atoms with E-state index >= 15 is 0 Å². The smallest absolute Gasteiger partial charge is 0.342 e. The molecular formula is C34H42N2O4P2. The summed E-state index contributed by atoms with van der Waals surface area (Å²) in [6.07, 6.45) is 0. The van der Waals surface area contributed by atoms with Crippen LogP contribution in [0.25, 0.3) is 0 Å². The Labute approximate surface area is 253 Å². The molecule has 0 fully saturated rings. The summed E-state index contributed by atoms with van der Waals surface area (Å²) in [6.45, 7) is 14.5. The maximum absolute atomic E-state index is 14.2. The predicted octanol–water partition coefficient (Wildman–Crippen LogP) is 7.41. The monoisotopic (exact) mass is 604 g/mol.